The average Bonchev–Trinajstić information content (AvgIpc) is 3.17. The molecule has 55 heavy (non-hydrogen) atoms. The fraction of sp³-hybridized carbons (Fsp3) is 0.349. The predicted molar refractivity (Wildman–Crippen MR) is 216 cm³/mol. The molecule has 0 spiro atoms. The molecule has 292 valence electrons. The van der Waals surface area contributed by atoms with Gasteiger partial charge in [0.1, 0.15) is 36.8 Å². The zero-order chi connectivity index (χ0) is 39.8. The third kappa shape index (κ3) is 13.6. The first-order valence-electron chi connectivity index (χ1n) is 18.1. The van der Waals surface area contributed by atoms with Crippen molar-refractivity contribution in [3.8, 4) is 11.5 Å². The summed E-state index contributed by atoms with van der Waals surface area (Å²) < 4.78 is 17.0. The van der Waals surface area contributed by atoms with Crippen molar-refractivity contribution in [1.29, 1.82) is 0 Å². The van der Waals surface area contributed by atoms with Crippen LogP contribution in [-0.4, -0.2) is 60.7 Å². The Balaban J connectivity index is 1.41. The van der Waals surface area contributed by atoms with E-state index in [9.17, 15) is 19.2 Å². The maximum atomic E-state index is 13.8. The molecule has 2 atom stereocenters. The van der Waals surface area contributed by atoms with Crippen molar-refractivity contribution in [1.82, 2.24) is 10.6 Å². The van der Waals surface area contributed by atoms with Crippen LogP contribution in [0.2, 0.25) is 0 Å². The Bertz CT molecular complexity index is 1850. The largest absolute Gasteiger partial charge is 0.461 e. The molecule has 4 aromatic rings. The van der Waals surface area contributed by atoms with Crippen LogP contribution >= 0.6 is 23.2 Å². The van der Waals surface area contributed by atoms with Crippen molar-refractivity contribution in [2.45, 2.75) is 65.8 Å². The van der Waals surface area contributed by atoms with E-state index < -0.39 is 41.3 Å². The van der Waals surface area contributed by atoms with Gasteiger partial charge in [-0.2, -0.15) is 0 Å². The zero-order valence-electron chi connectivity index (χ0n) is 31.7. The normalized spacial score (nSPS) is 12.2. The molecule has 2 amide bonds. The Morgan fingerprint density at radius 1 is 0.727 bits per heavy atom. The average molecular weight is 791 g/mol. The molecule has 0 saturated heterocycles. The van der Waals surface area contributed by atoms with E-state index in [1.807, 2.05) is 85.8 Å². The second-order valence-electron chi connectivity index (χ2n) is 14.1. The van der Waals surface area contributed by atoms with Crippen LogP contribution in [0, 0.1) is 12.3 Å². The van der Waals surface area contributed by atoms with E-state index in [4.69, 9.17) is 37.4 Å². The number of nitrogens with zero attached hydrogens (tertiary/aromatic N) is 1. The SMILES string of the molecule is Cc1cc(Oc2ccc(C(=O)N[C@H](C(=O)N[C@@H](CCC(=O)OCc3ccccc3)C(=O)OCc3ccccc3)C(C)(C)C)cc2)ccc1N(CCCl)CCCl. The Labute approximate surface area is 333 Å². The summed E-state index contributed by atoms with van der Waals surface area (Å²) in [6.07, 6.45) is -0.218. The summed E-state index contributed by atoms with van der Waals surface area (Å²) >= 11 is 12.0. The number of carbonyl (C=O) groups excluding carboxylic acids is 4. The van der Waals surface area contributed by atoms with Gasteiger partial charge in [0.2, 0.25) is 5.91 Å². The van der Waals surface area contributed by atoms with E-state index in [-0.39, 0.29) is 26.1 Å². The minimum Gasteiger partial charge on any atom is -0.461 e. The molecule has 4 aromatic carbocycles. The Morgan fingerprint density at radius 3 is 1.84 bits per heavy atom. The molecule has 0 saturated carbocycles. The fourth-order valence-electron chi connectivity index (χ4n) is 5.71. The second-order valence-corrected chi connectivity index (χ2v) is 14.8. The smallest absolute Gasteiger partial charge is 0.328 e. The van der Waals surface area contributed by atoms with Crippen LogP contribution in [-0.2, 0) is 37.1 Å². The minimum absolute atomic E-state index is 0.0176. The van der Waals surface area contributed by atoms with Crippen molar-refractivity contribution in [3.05, 3.63) is 125 Å². The Morgan fingerprint density at radius 2 is 1.29 bits per heavy atom. The predicted octanol–water partition coefficient (Wildman–Crippen LogP) is 7.97. The molecule has 0 heterocycles. The number of amides is 2. The van der Waals surface area contributed by atoms with E-state index in [0.717, 1.165) is 22.4 Å². The van der Waals surface area contributed by atoms with Crippen molar-refractivity contribution in [3.63, 3.8) is 0 Å². The number of rotatable bonds is 19. The van der Waals surface area contributed by atoms with Crippen LogP contribution in [0.15, 0.2) is 103 Å². The fourth-order valence-corrected chi connectivity index (χ4v) is 6.12. The zero-order valence-corrected chi connectivity index (χ0v) is 33.2. The van der Waals surface area contributed by atoms with Crippen LogP contribution in [0.25, 0.3) is 0 Å². The highest BCUT2D eigenvalue weighted by molar-refractivity contribution is 6.18. The van der Waals surface area contributed by atoms with E-state index in [0.29, 0.717) is 41.9 Å². The van der Waals surface area contributed by atoms with Crippen molar-refractivity contribution < 1.29 is 33.4 Å². The number of carbonyl (C=O) groups is 4. The molecule has 0 bridgehead atoms. The molecule has 4 rings (SSSR count). The third-order valence-electron chi connectivity index (χ3n) is 8.68. The first-order chi connectivity index (χ1) is 26.4. The topological polar surface area (TPSA) is 123 Å². The van der Waals surface area contributed by atoms with Gasteiger partial charge in [-0.25, -0.2) is 4.79 Å². The first kappa shape index (κ1) is 42.7. The summed E-state index contributed by atoms with van der Waals surface area (Å²) in [5.74, 6) is -0.234. The highest BCUT2D eigenvalue weighted by Gasteiger charge is 2.36. The van der Waals surface area contributed by atoms with E-state index in [1.165, 1.54) is 0 Å². The number of halogens is 2. The minimum atomic E-state index is -1.18. The van der Waals surface area contributed by atoms with Gasteiger partial charge < -0.3 is 29.7 Å². The van der Waals surface area contributed by atoms with E-state index in [1.54, 1.807) is 45.0 Å². The Kier molecular flexibility index (Phi) is 16.4. The second kappa shape index (κ2) is 21.1. The van der Waals surface area contributed by atoms with Gasteiger partial charge in [-0.1, -0.05) is 81.4 Å². The maximum Gasteiger partial charge on any atom is 0.328 e. The molecule has 0 aliphatic carbocycles. The van der Waals surface area contributed by atoms with Crippen LogP contribution < -0.4 is 20.3 Å². The number of hydrogen-bond donors (Lipinski definition) is 2. The number of anilines is 1. The molecule has 12 heteroatoms. The summed E-state index contributed by atoms with van der Waals surface area (Å²) in [4.78, 5) is 55.5. The van der Waals surface area contributed by atoms with Crippen LogP contribution in [0.5, 0.6) is 11.5 Å². The summed E-state index contributed by atoms with van der Waals surface area (Å²) in [5.41, 5.74) is 3.16. The number of aryl methyl sites for hydroxylation is 1. The molecule has 0 aliphatic rings. The summed E-state index contributed by atoms with van der Waals surface area (Å²) in [7, 11) is 0. The van der Waals surface area contributed by atoms with Crippen LogP contribution in [0.3, 0.4) is 0 Å². The van der Waals surface area contributed by atoms with E-state index >= 15 is 0 Å². The van der Waals surface area contributed by atoms with Crippen molar-refractivity contribution >= 4 is 52.6 Å². The molecule has 0 aromatic heterocycles. The number of hydrogen-bond acceptors (Lipinski definition) is 8. The summed E-state index contributed by atoms with van der Waals surface area (Å²) in [6, 6.07) is 28.4. The number of alkyl halides is 2. The molecule has 0 unspecified atom stereocenters. The highest BCUT2D eigenvalue weighted by Crippen LogP contribution is 2.29. The van der Waals surface area contributed by atoms with E-state index in [2.05, 4.69) is 15.5 Å². The van der Waals surface area contributed by atoms with Gasteiger partial charge in [0.25, 0.3) is 5.91 Å². The number of esters is 2. The molecule has 0 aliphatic heterocycles. The summed E-state index contributed by atoms with van der Waals surface area (Å²) in [5, 5.41) is 5.57. The van der Waals surface area contributed by atoms with Gasteiger partial charge in [-0.15, -0.1) is 23.2 Å². The highest BCUT2D eigenvalue weighted by atomic mass is 35.5. The molecule has 0 radical (unpaired) electrons. The third-order valence-corrected chi connectivity index (χ3v) is 9.02. The first-order valence-corrected chi connectivity index (χ1v) is 19.2. The van der Waals surface area contributed by atoms with Gasteiger partial charge in [0, 0.05) is 42.5 Å². The lowest BCUT2D eigenvalue weighted by atomic mass is 9.85. The van der Waals surface area contributed by atoms with Gasteiger partial charge in [-0.3, -0.25) is 14.4 Å². The lowest BCUT2D eigenvalue weighted by Crippen LogP contribution is -2.56. The van der Waals surface area contributed by atoms with Gasteiger partial charge in [0.05, 0.1) is 0 Å². The van der Waals surface area contributed by atoms with Crippen LogP contribution in [0.1, 0.15) is 60.7 Å². The molecular weight excluding hydrogens is 741 g/mol. The summed E-state index contributed by atoms with van der Waals surface area (Å²) in [6.45, 7) is 8.80. The lowest BCUT2D eigenvalue weighted by molar-refractivity contribution is -0.151. The standard InChI is InChI=1S/C43H49Cl2N3O7/c1-30-27-35(19-21-37(30)48(25-23-44)26-24-45)55-34-17-15-33(16-18-34)40(50)47-39(43(2,3)4)41(51)46-36(42(52)54-29-32-13-9-6-10-14-32)20-22-38(49)53-28-31-11-7-5-8-12-31/h5-19,21,27,36,39H,20,22-26,28-29H2,1-4H3,(H,46,51)(H,47,50)/t36-,39+/m0/s1. The maximum absolute atomic E-state index is 13.8. The molecule has 2 N–H and O–H groups in total. The number of benzene rings is 4. The monoisotopic (exact) mass is 789 g/mol. The lowest BCUT2D eigenvalue weighted by Gasteiger charge is -2.31. The van der Waals surface area contributed by atoms with Gasteiger partial charge >= 0.3 is 11.9 Å². The quantitative estimate of drug-likeness (QED) is 0.0725. The van der Waals surface area contributed by atoms with Crippen molar-refractivity contribution in [2.24, 2.45) is 5.41 Å². The van der Waals surface area contributed by atoms with Gasteiger partial charge in [0.15, 0.2) is 0 Å². The van der Waals surface area contributed by atoms with Gasteiger partial charge in [-0.05, 0) is 77.9 Å². The van der Waals surface area contributed by atoms with Crippen LogP contribution in [0.4, 0.5) is 5.69 Å². The number of nitrogens with one attached hydrogen (secondary N) is 2. The molecule has 10 nitrogen and oxygen atoms in total. The molecule has 0 fully saturated rings. The van der Waals surface area contributed by atoms with Crippen molar-refractivity contribution in [2.75, 3.05) is 29.7 Å². The Hall–Kier alpha value is -5.06. The number of ether oxygens (including phenoxy) is 3. The molecular formula is C43H49Cl2N3O7.